The topological polar surface area (TPSA) is 207 Å². The highest BCUT2D eigenvalue weighted by Gasteiger charge is 2.59. The highest BCUT2D eigenvalue weighted by molar-refractivity contribution is 6.08. The van der Waals surface area contributed by atoms with E-state index in [4.69, 9.17) is 23.7 Å². The summed E-state index contributed by atoms with van der Waals surface area (Å²) in [5.41, 5.74) is -4.94. The molecule has 60 heavy (non-hydrogen) atoms. The van der Waals surface area contributed by atoms with Crippen LogP contribution < -0.4 is 10.6 Å². The molecule has 2 amide bonds. The number of alkyl carbamates (subject to hydrolysis) is 2. The average molecular weight is 842 g/mol. The molecular formula is C43H60FN5O11. The summed E-state index contributed by atoms with van der Waals surface area (Å²) in [7, 11) is 3.57. The fourth-order valence-corrected chi connectivity index (χ4v) is 9.07. The van der Waals surface area contributed by atoms with Crippen molar-refractivity contribution in [2.45, 2.75) is 134 Å². The number of fused-ring (bicyclic) bond motifs is 2. The minimum atomic E-state index is -3.28. The number of hydrogen-bond donors (Lipinski definition) is 4. The maximum atomic E-state index is 16.9. The van der Waals surface area contributed by atoms with Crippen LogP contribution in [0.3, 0.4) is 0 Å². The Hall–Kier alpha value is -4.71. The van der Waals surface area contributed by atoms with E-state index in [2.05, 4.69) is 20.8 Å². The first-order valence-corrected chi connectivity index (χ1v) is 20.5. The van der Waals surface area contributed by atoms with Gasteiger partial charge in [-0.15, -0.1) is 0 Å². The van der Waals surface area contributed by atoms with Crippen LogP contribution in [-0.2, 0) is 33.3 Å². The number of halogens is 1. The van der Waals surface area contributed by atoms with Crippen molar-refractivity contribution >= 4 is 46.6 Å². The number of nitrogens with zero attached hydrogens (tertiary/aromatic N) is 3. The first-order valence-electron chi connectivity index (χ1n) is 20.5. The van der Waals surface area contributed by atoms with Gasteiger partial charge in [-0.3, -0.25) is 9.78 Å². The van der Waals surface area contributed by atoms with Crippen LogP contribution in [0.1, 0.15) is 80.2 Å². The van der Waals surface area contributed by atoms with Crippen molar-refractivity contribution in [3.63, 3.8) is 0 Å². The van der Waals surface area contributed by atoms with E-state index in [1.807, 2.05) is 36.4 Å². The third kappa shape index (κ3) is 9.59. The van der Waals surface area contributed by atoms with Crippen molar-refractivity contribution in [2.75, 3.05) is 20.6 Å². The monoisotopic (exact) mass is 841 g/mol. The summed E-state index contributed by atoms with van der Waals surface area (Å²) in [6.07, 6.45) is -2.19. The van der Waals surface area contributed by atoms with E-state index in [1.165, 1.54) is 20.8 Å². The van der Waals surface area contributed by atoms with Crippen LogP contribution in [0.4, 0.5) is 14.0 Å². The summed E-state index contributed by atoms with van der Waals surface area (Å²) in [6.45, 7) is 11.9. The molecule has 0 radical (unpaired) electrons. The van der Waals surface area contributed by atoms with E-state index in [-0.39, 0.29) is 25.1 Å². The number of nitrogens with one attached hydrogen (secondary N) is 2. The first-order chi connectivity index (χ1) is 28.2. The molecule has 330 valence electrons. The molecule has 1 aromatic heterocycles. The molecule has 16 nitrogen and oxygen atoms in total. The molecule has 4 N–H and O–H groups in total. The smallest absolute Gasteiger partial charge is 0.408 e. The molecule has 0 saturated carbocycles. The van der Waals surface area contributed by atoms with Crippen molar-refractivity contribution in [1.82, 2.24) is 20.5 Å². The second-order valence-corrected chi connectivity index (χ2v) is 17.1. The Bertz CT molecular complexity index is 1960. The lowest BCUT2D eigenvalue weighted by Gasteiger charge is -2.47. The van der Waals surface area contributed by atoms with Gasteiger partial charge in [-0.25, -0.2) is 18.8 Å². The molecular weight excluding hydrogens is 781 g/mol. The zero-order valence-electron chi connectivity index (χ0n) is 36.0. The number of cyclic esters (lactones) is 1. The molecule has 0 aliphatic carbocycles. The van der Waals surface area contributed by atoms with Crippen molar-refractivity contribution in [3.05, 3.63) is 48.2 Å². The van der Waals surface area contributed by atoms with Gasteiger partial charge >= 0.3 is 18.2 Å². The molecule has 0 bridgehead atoms. The van der Waals surface area contributed by atoms with E-state index in [0.29, 0.717) is 6.42 Å². The molecule has 0 spiro atoms. The standard InChI is InChI=1S/C43H60FN5O11/c1-11-31-43(8)34(47-40(54)60-43)25(4)32(48-55)23(2)22-41(6,59-39(53)46-19-12-14-27-16-17-29-28(21-27)15-13-18-45-29)36(26(5)35(51)42(7,44)38(52)57-31)58-37-33(50)30(49(9)10)20-24(3)56-37/h12-18,21,23-26,30-31,33-34,36-37,50,55H,11,19-20,22H2,1-10H3,(H,46,53)(H,47,54)/b14-12+,48-32+/t23-,24-,25+,26+,30+,31-,33-,34-,36-,37+,41-,42+,43-/m1/s1. The van der Waals surface area contributed by atoms with Gasteiger partial charge in [0.1, 0.15) is 23.9 Å². The molecule has 4 heterocycles. The number of hydrogen-bond acceptors (Lipinski definition) is 14. The van der Waals surface area contributed by atoms with Gasteiger partial charge in [0.15, 0.2) is 17.7 Å². The zero-order valence-corrected chi connectivity index (χ0v) is 36.0. The van der Waals surface area contributed by atoms with Crippen molar-refractivity contribution < 1.29 is 57.6 Å². The number of aliphatic hydroxyl groups excluding tert-OH is 1. The predicted molar refractivity (Wildman–Crippen MR) is 219 cm³/mol. The lowest BCUT2D eigenvalue weighted by atomic mass is 9.73. The maximum Gasteiger partial charge on any atom is 0.408 e. The highest BCUT2D eigenvalue weighted by Crippen LogP contribution is 2.41. The number of pyridine rings is 1. The Morgan fingerprint density at radius 3 is 2.52 bits per heavy atom. The van der Waals surface area contributed by atoms with Crippen LogP contribution in [-0.4, -0.2) is 130 Å². The van der Waals surface area contributed by atoms with Gasteiger partial charge in [-0.2, -0.15) is 0 Å². The van der Waals surface area contributed by atoms with Crippen molar-refractivity contribution in [2.24, 2.45) is 22.9 Å². The molecule has 5 rings (SSSR count). The number of amides is 2. The molecule has 3 saturated heterocycles. The van der Waals surface area contributed by atoms with Gasteiger partial charge in [0.25, 0.3) is 5.67 Å². The number of aliphatic hydroxyl groups is 1. The molecule has 17 heteroatoms. The summed E-state index contributed by atoms with van der Waals surface area (Å²) in [5, 5.41) is 32.2. The average Bonchev–Trinajstić information content (AvgIpc) is 3.51. The van der Waals surface area contributed by atoms with Gasteiger partial charge in [0, 0.05) is 41.9 Å². The summed E-state index contributed by atoms with van der Waals surface area (Å²) < 4.78 is 47.2. The number of rotatable bonds is 8. The Kier molecular flexibility index (Phi) is 14.3. The summed E-state index contributed by atoms with van der Waals surface area (Å²) in [5.74, 6) is -5.95. The van der Waals surface area contributed by atoms with E-state index in [1.54, 1.807) is 59.0 Å². The van der Waals surface area contributed by atoms with Crippen molar-refractivity contribution in [3.8, 4) is 0 Å². The molecule has 13 atom stereocenters. The zero-order chi connectivity index (χ0) is 44.3. The fourth-order valence-electron chi connectivity index (χ4n) is 9.07. The minimum absolute atomic E-state index is 0.00929. The number of esters is 1. The van der Waals surface area contributed by atoms with E-state index >= 15 is 4.39 Å². The second kappa shape index (κ2) is 18.5. The number of likely N-dealkylation sites (N-methyl/N-ethyl adjacent to an activating group) is 1. The normalized spacial score (nSPS) is 37.6. The number of ether oxygens (including phenoxy) is 5. The summed E-state index contributed by atoms with van der Waals surface area (Å²) >= 11 is 0. The largest absolute Gasteiger partial charge is 0.455 e. The molecule has 3 fully saturated rings. The van der Waals surface area contributed by atoms with Gasteiger partial charge in [-0.1, -0.05) is 57.1 Å². The van der Waals surface area contributed by atoms with Gasteiger partial charge in [0.05, 0.1) is 23.4 Å². The molecule has 1 aromatic carbocycles. The Balaban J connectivity index is 1.56. The van der Waals surface area contributed by atoms with Crippen LogP contribution in [0, 0.1) is 17.8 Å². The third-order valence-corrected chi connectivity index (χ3v) is 12.3. The van der Waals surface area contributed by atoms with Gasteiger partial charge < -0.3 is 49.5 Å². The van der Waals surface area contributed by atoms with Crippen molar-refractivity contribution in [1.29, 1.82) is 0 Å². The van der Waals surface area contributed by atoms with E-state index in [9.17, 15) is 29.5 Å². The van der Waals surface area contributed by atoms with Gasteiger partial charge in [0.2, 0.25) is 0 Å². The Morgan fingerprint density at radius 1 is 1.13 bits per heavy atom. The van der Waals surface area contributed by atoms with Gasteiger partial charge in [-0.05, 0) is 84.8 Å². The molecule has 3 aliphatic heterocycles. The van der Waals surface area contributed by atoms with Crippen LogP contribution >= 0.6 is 0 Å². The first kappa shape index (κ1) is 46.4. The Morgan fingerprint density at radius 2 is 1.85 bits per heavy atom. The number of carbonyl (C=O) groups excluding carboxylic acids is 4. The predicted octanol–water partition coefficient (Wildman–Crippen LogP) is 5.17. The minimum Gasteiger partial charge on any atom is -0.455 e. The number of carbonyl (C=O) groups is 4. The number of aromatic nitrogens is 1. The van der Waals surface area contributed by atoms with Crippen LogP contribution in [0.5, 0.6) is 0 Å². The molecule has 3 aliphatic rings. The van der Waals surface area contributed by atoms with E-state index in [0.717, 1.165) is 23.4 Å². The summed E-state index contributed by atoms with van der Waals surface area (Å²) in [4.78, 5) is 61.1. The third-order valence-electron chi connectivity index (χ3n) is 12.3. The lowest BCUT2D eigenvalue weighted by Crippen LogP contribution is -2.62. The fraction of sp³-hybridized carbons (Fsp3) is 0.628. The number of alkyl halides is 1. The Labute approximate surface area is 350 Å². The van der Waals surface area contributed by atoms with Crippen LogP contribution in [0.25, 0.3) is 17.0 Å². The maximum absolute atomic E-state index is 16.9. The SMILES string of the molecule is CC[C@H]1OC(=O)[C@@](C)(F)C(=O)[C@H](C)[C@@H](O[C@@H]2O[C@H](C)C[C@H](N(C)C)[C@H]2O)[C@](C)(OC(=O)NC/C=C/c2ccc3ncccc3c2)C[C@@H](C)/C(=N\O)[C@H](C)[C@H]2NC(=O)O[C@@]21C. The lowest BCUT2D eigenvalue weighted by molar-refractivity contribution is -0.292. The quantitative estimate of drug-likeness (QED) is 0.0891. The van der Waals surface area contributed by atoms with Crippen LogP contribution in [0.15, 0.2) is 47.8 Å². The highest BCUT2D eigenvalue weighted by atomic mass is 19.1. The van der Waals surface area contributed by atoms with Crippen LogP contribution in [0.2, 0.25) is 0 Å². The second-order valence-electron chi connectivity index (χ2n) is 17.1. The molecule has 2 aromatic rings. The summed E-state index contributed by atoms with van der Waals surface area (Å²) in [6, 6.07) is 8.06. The number of Topliss-reactive ketones (excluding diaryl/α,β-unsaturated/α-hetero) is 1. The van der Waals surface area contributed by atoms with E-state index < -0.39 is 101 Å². The molecule has 0 unspecified atom stereocenters. The number of oxime groups is 1. The number of benzene rings is 1. The number of ketones is 1.